The number of rotatable bonds is 6. The minimum Gasteiger partial charge on any atom is -0.346 e. The molecular formula is C30H32ClFN4O2S. The highest BCUT2D eigenvalue weighted by atomic mass is 35.5. The number of thiophene rings is 1. The quantitative estimate of drug-likeness (QED) is 0.423. The van der Waals surface area contributed by atoms with E-state index in [9.17, 15) is 14.0 Å². The van der Waals surface area contributed by atoms with Crippen LogP contribution in [0.5, 0.6) is 0 Å². The largest absolute Gasteiger partial charge is 0.346 e. The summed E-state index contributed by atoms with van der Waals surface area (Å²) in [6, 6.07) is 12.6. The summed E-state index contributed by atoms with van der Waals surface area (Å²) in [7, 11) is 0. The van der Waals surface area contributed by atoms with E-state index in [1.807, 2.05) is 34.5 Å². The first kappa shape index (κ1) is 26.4. The minimum absolute atomic E-state index is 0. The summed E-state index contributed by atoms with van der Waals surface area (Å²) in [5.41, 5.74) is 3.01. The number of benzene rings is 1. The molecule has 3 aromatic rings. The molecule has 1 aromatic carbocycles. The highest BCUT2D eigenvalue weighted by Crippen LogP contribution is 2.57. The second-order valence-electron chi connectivity index (χ2n) is 11.9. The smallest absolute Gasteiger partial charge is 0.253 e. The lowest BCUT2D eigenvalue weighted by molar-refractivity contribution is -0.132. The summed E-state index contributed by atoms with van der Waals surface area (Å²) >= 11 is 1.63. The van der Waals surface area contributed by atoms with Crippen molar-refractivity contribution in [3.63, 3.8) is 0 Å². The van der Waals surface area contributed by atoms with E-state index < -0.39 is 0 Å². The van der Waals surface area contributed by atoms with E-state index in [1.165, 1.54) is 18.6 Å². The van der Waals surface area contributed by atoms with Gasteiger partial charge in [-0.25, -0.2) is 4.39 Å². The Bertz CT molecular complexity index is 1380. The zero-order valence-corrected chi connectivity index (χ0v) is 23.3. The first-order valence-electron chi connectivity index (χ1n) is 13.5. The summed E-state index contributed by atoms with van der Waals surface area (Å²) in [6.07, 6.45) is 7.84. The van der Waals surface area contributed by atoms with Crippen molar-refractivity contribution in [2.24, 2.45) is 11.8 Å². The minimum atomic E-state index is -0.258. The predicted molar refractivity (Wildman–Crippen MR) is 151 cm³/mol. The molecule has 0 spiro atoms. The van der Waals surface area contributed by atoms with E-state index in [1.54, 1.807) is 23.6 Å². The van der Waals surface area contributed by atoms with Gasteiger partial charge in [-0.3, -0.25) is 14.6 Å². The van der Waals surface area contributed by atoms with Crippen molar-refractivity contribution in [3.8, 4) is 10.6 Å². The molecule has 4 aliphatic carbocycles. The first-order valence-corrected chi connectivity index (χ1v) is 14.4. The van der Waals surface area contributed by atoms with Gasteiger partial charge in [0.1, 0.15) is 5.82 Å². The topological polar surface area (TPSA) is 74.3 Å². The zero-order valence-electron chi connectivity index (χ0n) is 21.6. The maximum absolute atomic E-state index is 13.6. The van der Waals surface area contributed by atoms with Crippen LogP contribution in [0.4, 0.5) is 4.39 Å². The maximum atomic E-state index is 13.6. The molecule has 2 amide bonds. The highest BCUT2D eigenvalue weighted by molar-refractivity contribution is 7.13. The number of fused-ring (bicyclic) bond motifs is 1. The van der Waals surface area contributed by atoms with Gasteiger partial charge in [0, 0.05) is 30.4 Å². The van der Waals surface area contributed by atoms with Gasteiger partial charge in [0.05, 0.1) is 22.7 Å². The van der Waals surface area contributed by atoms with Gasteiger partial charge in [-0.1, -0.05) is 12.1 Å². The molecular weight excluding hydrogens is 535 g/mol. The number of nitrogens with zero attached hydrogens (tertiary/aromatic N) is 2. The van der Waals surface area contributed by atoms with Gasteiger partial charge in [0.2, 0.25) is 5.91 Å². The van der Waals surface area contributed by atoms with Crippen molar-refractivity contribution < 1.29 is 14.0 Å². The summed E-state index contributed by atoms with van der Waals surface area (Å²) < 4.78 is 13.6. The molecule has 4 saturated carbocycles. The Balaban J connectivity index is 0.00000277. The number of amides is 2. The van der Waals surface area contributed by atoms with Crippen LogP contribution in [0.3, 0.4) is 0 Å². The number of halogens is 2. The number of carbonyl (C=O) groups excluding carboxylic acids is 2. The fourth-order valence-electron chi connectivity index (χ4n) is 7.94. The zero-order chi connectivity index (χ0) is 25.9. The number of carbonyl (C=O) groups is 2. The van der Waals surface area contributed by atoms with Crippen molar-refractivity contribution in [2.75, 3.05) is 6.54 Å². The van der Waals surface area contributed by atoms with Gasteiger partial charge in [0.15, 0.2) is 0 Å². The average Bonchev–Trinajstić information content (AvgIpc) is 3.57. The van der Waals surface area contributed by atoms with Crippen molar-refractivity contribution in [2.45, 2.75) is 62.7 Å². The molecule has 9 heteroatoms. The van der Waals surface area contributed by atoms with E-state index in [0.29, 0.717) is 30.5 Å². The van der Waals surface area contributed by atoms with Crippen molar-refractivity contribution in [1.82, 2.24) is 20.5 Å². The monoisotopic (exact) mass is 566 g/mol. The van der Waals surface area contributed by atoms with Crippen LogP contribution in [0.15, 0.2) is 54.0 Å². The van der Waals surface area contributed by atoms with Crippen molar-refractivity contribution in [1.29, 1.82) is 0 Å². The molecule has 5 aliphatic rings. The van der Waals surface area contributed by atoms with Gasteiger partial charge in [-0.05, 0) is 97.2 Å². The van der Waals surface area contributed by atoms with Crippen LogP contribution in [0, 0.1) is 17.7 Å². The van der Waals surface area contributed by atoms with Crippen LogP contribution >= 0.6 is 23.7 Å². The third-order valence-electron chi connectivity index (χ3n) is 9.10. The van der Waals surface area contributed by atoms with E-state index >= 15 is 0 Å². The Kier molecular flexibility index (Phi) is 6.76. The summed E-state index contributed by atoms with van der Waals surface area (Å²) in [5, 5.41) is 9.13. The SMILES string of the molecule is Cl.O=C(NC12C[C@@H]3C[C@@H](CC(NCC(=O)N4Cc5ccc(F)cc5C4)(C3)C1)C2)c1ccc(-c2cccs2)nc1. The van der Waals surface area contributed by atoms with Crippen LogP contribution in [0.2, 0.25) is 0 Å². The standard InChI is InChI=1S/C30H31FN4O2S.ClH/c31-24-5-3-22-16-35(17-23(22)9-24)27(36)15-33-29-10-19-8-20(11-29)13-30(12-19,18-29)34-28(37)21-4-6-25(32-14-21)26-2-1-7-38-26;/h1-7,9,14,19-20,33H,8,10-13,15-18H2,(H,34,37);1H/t19-,20+,29?,30?;. The lowest BCUT2D eigenvalue weighted by Gasteiger charge is -2.62. The van der Waals surface area contributed by atoms with Gasteiger partial charge < -0.3 is 15.5 Å². The molecule has 2 N–H and O–H groups in total. The molecule has 2 unspecified atom stereocenters. The van der Waals surface area contributed by atoms with Gasteiger partial charge >= 0.3 is 0 Å². The lowest BCUT2D eigenvalue weighted by Crippen LogP contribution is -2.69. The Morgan fingerprint density at radius 3 is 2.51 bits per heavy atom. The summed E-state index contributed by atoms with van der Waals surface area (Å²) in [5.74, 6) is 0.833. The predicted octanol–water partition coefficient (Wildman–Crippen LogP) is 5.32. The molecule has 4 atom stereocenters. The molecule has 0 saturated heterocycles. The van der Waals surface area contributed by atoms with Gasteiger partial charge in [0.25, 0.3) is 5.91 Å². The molecule has 0 radical (unpaired) electrons. The molecule has 39 heavy (non-hydrogen) atoms. The van der Waals surface area contributed by atoms with Crippen LogP contribution < -0.4 is 10.6 Å². The molecule has 4 bridgehead atoms. The summed E-state index contributed by atoms with van der Waals surface area (Å²) in [4.78, 5) is 33.9. The maximum Gasteiger partial charge on any atom is 0.253 e. The number of pyridine rings is 1. The fourth-order valence-corrected chi connectivity index (χ4v) is 8.64. The highest BCUT2D eigenvalue weighted by Gasteiger charge is 2.58. The van der Waals surface area contributed by atoms with Crippen molar-refractivity contribution in [3.05, 3.63) is 76.5 Å². The Morgan fingerprint density at radius 2 is 1.79 bits per heavy atom. The Labute approximate surface area is 237 Å². The molecule has 6 nitrogen and oxygen atoms in total. The van der Waals surface area contributed by atoms with E-state index in [2.05, 4.69) is 15.6 Å². The number of aromatic nitrogens is 1. The van der Waals surface area contributed by atoms with Gasteiger partial charge in [-0.2, -0.15) is 0 Å². The van der Waals surface area contributed by atoms with E-state index in [0.717, 1.165) is 53.8 Å². The molecule has 204 valence electrons. The average molecular weight is 567 g/mol. The van der Waals surface area contributed by atoms with E-state index in [-0.39, 0.29) is 47.7 Å². The molecule has 4 fully saturated rings. The third-order valence-corrected chi connectivity index (χ3v) is 9.99. The van der Waals surface area contributed by atoms with Crippen LogP contribution in [-0.4, -0.2) is 39.3 Å². The lowest BCUT2D eigenvalue weighted by atomic mass is 9.50. The molecule has 3 heterocycles. The summed E-state index contributed by atoms with van der Waals surface area (Å²) in [6.45, 7) is 1.27. The number of nitrogens with one attached hydrogen (secondary N) is 2. The Hall–Kier alpha value is -2.81. The second-order valence-corrected chi connectivity index (χ2v) is 12.8. The normalized spacial score (nSPS) is 28.2. The second kappa shape index (κ2) is 9.98. The number of hydrogen-bond donors (Lipinski definition) is 2. The number of hydrogen-bond acceptors (Lipinski definition) is 5. The molecule has 8 rings (SSSR count). The third kappa shape index (κ3) is 4.98. The first-order chi connectivity index (χ1) is 18.4. The van der Waals surface area contributed by atoms with E-state index in [4.69, 9.17) is 0 Å². The van der Waals surface area contributed by atoms with Crippen molar-refractivity contribution >= 4 is 35.6 Å². The van der Waals surface area contributed by atoms with Gasteiger partial charge in [-0.15, -0.1) is 23.7 Å². The van der Waals surface area contributed by atoms with Crippen LogP contribution in [0.1, 0.15) is 60.0 Å². The fraction of sp³-hybridized carbons (Fsp3) is 0.433. The Morgan fingerprint density at radius 1 is 1.03 bits per heavy atom. The van der Waals surface area contributed by atoms with Crippen LogP contribution in [0.25, 0.3) is 10.6 Å². The molecule has 2 aromatic heterocycles. The van der Waals surface area contributed by atoms with Crippen LogP contribution in [-0.2, 0) is 17.9 Å². The molecule has 1 aliphatic heterocycles.